The van der Waals surface area contributed by atoms with Gasteiger partial charge in [0.25, 0.3) is 5.91 Å². The van der Waals surface area contributed by atoms with E-state index in [0.29, 0.717) is 4.88 Å². The SMILES string of the molecule is Cc1sc(C(=O)NC(CCOC(C)(C)C)C(=O)O)cc1-c1ccc(F)cc1. The Balaban J connectivity index is 2.08. The number of halogens is 1. The van der Waals surface area contributed by atoms with Crippen LogP contribution in [0.2, 0.25) is 0 Å². The summed E-state index contributed by atoms with van der Waals surface area (Å²) in [5.41, 5.74) is 1.26. The number of hydrogen-bond acceptors (Lipinski definition) is 4. The Kier molecular flexibility index (Phi) is 6.73. The molecule has 1 atom stereocenters. The van der Waals surface area contributed by atoms with Crippen LogP contribution in [0.5, 0.6) is 0 Å². The molecule has 2 rings (SSSR count). The van der Waals surface area contributed by atoms with Gasteiger partial charge in [-0.15, -0.1) is 11.3 Å². The molecule has 0 radical (unpaired) electrons. The smallest absolute Gasteiger partial charge is 0.326 e. The van der Waals surface area contributed by atoms with E-state index in [1.165, 1.54) is 23.5 Å². The van der Waals surface area contributed by atoms with Gasteiger partial charge in [-0.1, -0.05) is 12.1 Å². The van der Waals surface area contributed by atoms with Crippen LogP contribution in [0.25, 0.3) is 11.1 Å². The van der Waals surface area contributed by atoms with E-state index >= 15 is 0 Å². The van der Waals surface area contributed by atoms with Gasteiger partial charge in [-0.3, -0.25) is 4.79 Å². The van der Waals surface area contributed by atoms with Crippen molar-refractivity contribution < 1.29 is 23.8 Å². The molecular formula is C20H24FNO4S. The molecule has 2 N–H and O–H groups in total. The van der Waals surface area contributed by atoms with E-state index in [1.807, 2.05) is 27.7 Å². The van der Waals surface area contributed by atoms with E-state index in [1.54, 1.807) is 18.2 Å². The number of rotatable bonds is 7. The number of carbonyl (C=O) groups is 2. The summed E-state index contributed by atoms with van der Waals surface area (Å²) in [6, 6.07) is 6.69. The van der Waals surface area contributed by atoms with Gasteiger partial charge in [0.2, 0.25) is 0 Å². The summed E-state index contributed by atoms with van der Waals surface area (Å²) in [5.74, 6) is -1.88. The zero-order valence-corrected chi connectivity index (χ0v) is 16.7. The number of carboxylic acid groups (broad SMARTS) is 1. The van der Waals surface area contributed by atoms with Crippen LogP contribution in [0, 0.1) is 12.7 Å². The molecule has 2 aromatic rings. The maximum absolute atomic E-state index is 13.1. The van der Waals surface area contributed by atoms with Gasteiger partial charge in [0.1, 0.15) is 11.9 Å². The van der Waals surface area contributed by atoms with Gasteiger partial charge in [0.15, 0.2) is 0 Å². The predicted octanol–water partition coefficient (Wildman–Crippen LogP) is 4.25. The van der Waals surface area contributed by atoms with Crippen molar-refractivity contribution in [3.63, 3.8) is 0 Å². The van der Waals surface area contributed by atoms with E-state index in [-0.39, 0.29) is 24.4 Å². The van der Waals surface area contributed by atoms with Crippen LogP contribution in [0.4, 0.5) is 4.39 Å². The quantitative estimate of drug-likeness (QED) is 0.737. The number of carboxylic acids is 1. The number of carbonyl (C=O) groups excluding carboxylic acids is 1. The number of benzene rings is 1. The van der Waals surface area contributed by atoms with Crippen molar-refractivity contribution in [2.24, 2.45) is 0 Å². The highest BCUT2D eigenvalue weighted by Crippen LogP contribution is 2.31. The molecule has 1 aromatic carbocycles. The lowest BCUT2D eigenvalue weighted by Gasteiger charge is -2.21. The molecule has 1 aromatic heterocycles. The Morgan fingerprint density at radius 3 is 2.44 bits per heavy atom. The molecule has 7 heteroatoms. The fraction of sp³-hybridized carbons (Fsp3) is 0.400. The standard InChI is InChI=1S/C20H24FNO4S/c1-12-15(13-5-7-14(21)8-6-13)11-17(27-12)18(23)22-16(19(24)25)9-10-26-20(2,3)4/h5-8,11,16H,9-10H2,1-4H3,(H,22,23)(H,24,25). The van der Waals surface area contributed by atoms with Crippen molar-refractivity contribution in [2.75, 3.05) is 6.61 Å². The predicted molar refractivity (Wildman–Crippen MR) is 104 cm³/mol. The molecule has 0 saturated carbocycles. The second-order valence-electron chi connectivity index (χ2n) is 7.20. The van der Waals surface area contributed by atoms with Crippen LogP contribution >= 0.6 is 11.3 Å². The first-order valence-corrected chi connectivity index (χ1v) is 9.42. The lowest BCUT2D eigenvalue weighted by molar-refractivity contribution is -0.140. The number of aryl methyl sites for hydroxylation is 1. The molecule has 1 unspecified atom stereocenters. The van der Waals surface area contributed by atoms with Gasteiger partial charge in [-0.2, -0.15) is 0 Å². The Bertz CT molecular complexity index is 808. The van der Waals surface area contributed by atoms with Gasteiger partial charge in [-0.25, -0.2) is 9.18 Å². The molecule has 0 aliphatic heterocycles. The lowest BCUT2D eigenvalue weighted by Crippen LogP contribution is -2.41. The van der Waals surface area contributed by atoms with Gasteiger partial charge >= 0.3 is 5.97 Å². The fourth-order valence-electron chi connectivity index (χ4n) is 2.48. The van der Waals surface area contributed by atoms with Gasteiger partial charge in [0.05, 0.1) is 10.5 Å². The lowest BCUT2D eigenvalue weighted by atomic mass is 10.1. The summed E-state index contributed by atoms with van der Waals surface area (Å²) < 4.78 is 18.6. The third kappa shape index (κ3) is 6.15. The molecule has 1 heterocycles. The molecule has 0 aliphatic rings. The highest BCUT2D eigenvalue weighted by Gasteiger charge is 2.23. The molecule has 0 bridgehead atoms. The monoisotopic (exact) mass is 393 g/mol. The van der Waals surface area contributed by atoms with Crippen molar-refractivity contribution in [1.29, 1.82) is 0 Å². The first-order chi connectivity index (χ1) is 12.6. The summed E-state index contributed by atoms with van der Waals surface area (Å²) >= 11 is 1.27. The molecule has 146 valence electrons. The number of nitrogens with one attached hydrogen (secondary N) is 1. The second-order valence-corrected chi connectivity index (χ2v) is 8.46. The maximum atomic E-state index is 13.1. The van der Waals surface area contributed by atoms with Crippen LogP contribution in [0.1, 0.15) is 41.7 Å². The van der Waals surface area contributed by atoms with E-state index < -0.39 is 17.9 Å². The summed E-state index contributed by atoms with van der Waals surface area (Å²) in [4.78, 5) is 25.3. The van der Waals surface area contributed by atoms with Crippen LogP contribution in [0.15, 0.2) is 30.3 Å². The topological polar surface area (TPSA) is 75.6 Å². The molecule has 0 saturated heterocycles. The van der Waals surface area contributed by atoms with Crippen LogP contribution in [-0.4, -0.2) is 35.2 Å². The number of thiophene rings is 1. The minimum atomic E-state index is -1.10. The van der Waals surface area contributed by atoms with E-state index in [4.69, 9.17) is 4.74 Å². The molecular weight excluding hydrogens is 369 g/mol. The second kappa shape index (κ2) is 8.63. The summed E-state index contributed by atoms with van der Waals surface area (Å²) in [7, 11) is 0. The minimum Gasteiger partial charge on any atom is -0.480 e. The molecule has 1 amide bonds. The van der Waals surface area contributed by atoms with E-state index in [2.05, 4.69) is 5.32 Å². The Hall–Kier alpha value is -2.25. The average molecular weight is 393 g/mol. The average Bonchev–Trinajstić information content (AvgIpc) is 2.95. The largest absolute Gasteiger partial charge is 0.480 e. The Morgan fingerprint density at radius 2 is 1.89 bits per heavy atom. The fourth-order valence-corrected chi connectivity index (χ4v) is 3.42. The zero-order chi connectivity index (χ0) is 20.2. The first-order valence-electron chi connectivity index (χ1n) is 8.61. The molecule has 0 spiro atoms. The third-order valence-corrected chi connectivity index (χ3v) is 4.89. The van der Waals surface area contributed by atoms with Crippen LogP contribution < -0.4 is 5.32 Å². The Labute approximate surface area is 162 Å². The van der Waals surface area contributed by atoms with Crippen molar-refractivity contribution in [3.05, 3.63) is 45.9 Å². The summed E-state index contributed by atoms with van der Waals surface area (Å²) in [5, 5.41) is 11.9. The molecule has 27 heavy (non-hydrogen) atoms. The number of amides is 1. The van der Waals surface area contributed by atoms with Crippen LogP contribution in [0.3, 0.4) is 0 Å². The molecule has 0 aliphatic carbocycles. The van der Waals surface area contributed by atoms with Crippen molar-refractivity contribution in [1.82, 2.24) is 5.32 Å². The van der Waals surface area contributed by atoms with Crippen molar-refractivity contribution in [2.45, 2.75) is 45.8 Å². The molecule has 0 fully saturated rings. The van der Waals surface area contributed by atoms with Crippen molar-refractivity contribution >= 4 is 23.2 Å². The summed E-state index contributed by atoms with van der Waals surface area (Å²) in [6.07, 6.45) is 0.174. The third-order valence-electron chi connectivity index (χ3n) is 3.84. The highest BCUT2D eigenvalue weighted by molar-refractivity contribution is 7.14. The Morgan fingerprint density at radius 1 is 1.26 bits per heavy atom. The van der Waals surface area contributed by atoms with Crippen molar-refractivity contribution in [3.8, 4) is 11.1 Å². The van der Waals surface area contributed by atoms with Gasteiger partial charge in [0, 0.05) is 17.9 Å². The van der Waals surface area contributed by atoms with E-state index in [9.17, 15) is 19.1 Å². The normalized spacial score (nSPS) is 12.6. The first kappa shape index (κ1) is 21.1. The zero-order valence-electron chi connectivity index (χ0n) is 15.8. The minimum absolute atomic E-state index is 0.174. The van der Waals surface area contributed by atoms with Gasteiger partial charge < -0.3 is 15.2 Å². The summed E-state index contributed by atoms with van der Waals surface area (Å²) in [6.45, 7) is 7.74. The number of aliphatic carboxylic acids is 1. The number of ether oxygens (including phenoxy) is 1. The highest BCUT2D eigenvalue weighted by atomic mass is 32.1. The van der Waals surface area contributed by atoms with Gasteiger partial charge in [-0.05, 0) is 57.0 Å². The maximum Gasteiger partial charge on any atom is 0.326 e. The number of hydrogen-bond donors (Lipinski definition) is 2. The van der Waals surface area contributed by atoms with E-state index in [0.717, 1.165) is 16.0 Å². The van der Waals surface area contributed by atoms with Crippen LogP contribution in [-0.2, 0) is 9.53 Å². The molecule has 5 nitrogen and oxygen atoms in total.